The van der Waals surface area contributed by atoms with Crippen molar-refractivity contribution in [2.45, 2.75) is 56.4 Å². The van der Waals surface area contributed by atoms with Gasteiger partial charge in [0.25, 0.3) is 5.91 Å². The second-order valence-corrected chi connectivity index (χ2v) is 12.5. The molecule has 31 heavy (non-hydrogen) atoms. The first kappa shape index (κ1) is 21.7. The lowest BCUT2D eigenvalue weighted by molar-refractivity contribution is -0.0688. The lowest BCUT2D eigenvalue weighted by Crippen LogP contribution is -2.55. The van der Waals surface area contributed by atoms with Crippen LogP contribution in [-0.2, 0) is 14.8 Å². The van der Waals surface area contributed by atoms with E-state index in [4.69, 9.17) is 16.3 Å². The third kappa shape index (κ3) is 3.92. The normalized spacial score (nSPS) is 33.9. The summed E-state index contributed by atoms with van der Waals surface area (Å²) in [4.78, 5) is 13.3. The van der Waals surface area contributed by atoms with Crippen LogP contribution in [0.3, 0.4) is 0 Å². The Morgan fingerprint density at radius 1 is 1.13 bits per heavy atom. The molecule has 1 N–H and O–H groups in total. The molecule has 6 nitrogen and oxygen atoms in total. The zero-order chi connectivity index (χ0) is 21.8. The summed E-state index contributed by atoms with van der Waals surface area (Å²) in [5.74, 6) is 2.12. The van der Waals surface area contributed by atoms with Gasteiger partial charge in [0.2, 0.25) is 10.0 Å². The zero-order valence-electron chi connectivity index (χ0n) is 18.0. The van der Waals surface area contributed by atoms with Crippen molar-refractivity contribution in [1.82, 2.24) is 9.62 Å². The molecular formula is C23H31ClN2O4S. The van der Waals surface area contributed by atoms with Gasteiger partial charge in [-0.15, -0.1) is 0 Å². The van der Waals surface area contributed by atoms with Gasteiger partial charge in [-0.05, 0) is 86.8 Å². The minimum absolute atomic E-state index is 0.0453. The van der Waals surface area contributed by atoms with Crippen LogP contribution < -0.4 is 5.32 Å². The van der Waals surface area contributed by atoms with Crippen LogP contribution in [0.5, 0.6) is 0 Å². The summed E-state index contributed by atoms with van der Waals surface area (Å²) < 4.78 is 32.7. The van der Waals surface area contributed by atoms with Crippen molar-refractivity contribution in [3.8, 4) is 0 Å². The van der Waals surface area contributed by atoms with E-state index in [2.05, 4.69) is 12.2 Å². The topological polar surface area (TPSA) is 75.7 Å². The summed E-state index contributed by atoms with van der Waals surface area (Å²) >= 11 is 6.34. The predicted molar refractivity (Wildman–Crippen MR) is 119 cm³/mol. The standard InChI is InChI=1S/C23H31ClN2O4S/c1-15(23-12-16-8-17(13-23)10-18(9-16)14-23)25-22(27)20-11-19(2-3-21(20)24)31(28,29)26-4-6-30-7-5-26/h2-3,11,15-18H,4-10,12-14H2,1H3,(H,25,27)/t15-,16?,17?,18?,23?/m1/s1. The van der Waals surface area contributed by atoms with Crippen molar-refractivity contribution in [3.63, 3.8) is 0 Å². The molecule has 4 bridgehead atoms. The minimum atomic E-state index is -3.69. The second kappa shape index (κ2) is 8.01. The average molecular weight is 467 g/mol. The third-order valence-corrected chi connectivity index (χ3v) is 10.4. The number of carbonyl (C=O) groups excluding carboxylic acids is 1. The Kier molecular flexibility index (Phi) is 5.60. The average Bonchev–Trinajstić information content (AvgIpc) is 2.73. The number of rotatable bonds is 5. The SMILES string of the molecule is C[C@@H](NC(=O)c1cc(S(=O)(=O)N2CCOCC2)ccc1Cl)C12CC3CC(CC(C3)C1)C2. The van der Waals surface area contributed by atoms with Gasteiger partial charge < -0.3 is 10.1 Å². The Labute approximate surface area is 189 Å². The van der Waals surface area contributed by atoms with Crippen molar-refractivity contribution in [2.75, 3.05) is 26.3 Å². The van der Waals surface area contributed by atoms with Gasteiger partial charge in [0.05, 0.1) is 28.7 Å². The fourth-order valence-electron chi connectivity index (χ4n) is 6.91. The van der Waals surface area contributed by atoms with Crippen LogP contribution in [-0.4, -0.2) is 51.0 Å². The number of sulfonamides is 1. The molecule has 0 aromatic heterocycles. The number of carbonyl (C=O) groups is 1. The molecule has 1 atom stereocenters. The lowest BCUT2D eigenvalue weighted by atomic mass is 9.48. The van der Waals surface area contributed by atoms with Crippen LogP contribution >= 0.6 is 11.6 Å². The highest BCUT2D eigenvalue weighted by Gasteiger charge is 2.53. The maximum Gasteiger partial charge on any atom is 0.253 e. The van der Waals surface area contributed by atoms with E-state index in [1.807, 2.05) is 0 Å². The summed E-state index contributed by atoms with van der Waals surface area (Å²) in [5.41, 5.74) is 0.404. The molecular weight excluding hydrogens is 436 g/mol. The van der Waals surface area contributed by atoms with E-state index in [0.29, 0.717) is 26.3 Å². The van der Waals surface area contributed by atoms with Gasteiger partial charge in [-0.2, -0.15) is 4.31 Å². The monoisotopic (exact) mass is 466 g/mol. The van der Waals surface area contributed by atoms with E-state index < -0.39 is 10.0 Å². The van der Waals surface area contributed by atoms with Gasteiger partial charge in [0.1, 0.15) is 0 Å². The van der Waals surface area contributed by atoms with Crippen molar-refractivity contribution in [1.29, 1.82) is 0 Å². The molecule has 4 saturated carbocycles. The molecule has 5 fully saturated rings. The molecule has 1 aromatic carbocycles. The molecule has 1 amide bonds. The van der Waals surface area contributed by atoms with Crippen LogP contribution in [0.25, 0.3) is 0 Å². The summed E-state index contributed by atoms with van der Waals surface area (Å²) in [6.45, 7) is 3.50. The number of hydrogen-bond acceptors (Lipinski definition) is 4. The van der Waals surface area contributed by atoms with Crippen molar-refractivity contribution >= 4 is 27.5 Å². The molecule has 1 heterocycles. The molecule has 0 radical (unpaired) electrons. The van der Waals surface area contributed by atoms with Gasteiger partial charge >= 0.3 is 0 Å². The number of nitrogens with zero attached hydrogens (tertiary/aromatic N) is 1. The zero-order valence-corrected chi connectivity index (χ0v) is 19.6. The van der Waals surface area contributed by atoms with Crippen LogP contribution in [0.2, 0.25) is 5.02 Å². The van der Waals surface area contributed by atoms with Gasteiger partial charge in [-0.25, -0.2) is 8.42 Å². The highest BCUT2D eigenvalue weighted by Crippen LogP contribution is 2.61. The molecule has 1 aliphatic heterocycles. The minimum Gasteiger partial charge on any atom is -0.379 e. The van der Waals surface area contributed by atoms with Gasteiger partial charge in [-0.3, -0.25) is 4.79 Å². The molecule has 5 aliphatic rings. The van der Waals surface area contributed by atoms with E-state index in [1.165, 1.54) is 61.0 Å². The Balaban J connectivity index is 1.35. The number of morpholine rings is 1. The van der Waals surface area contributed by atoms with Crippen LogP contribution in [0.15, 0.2) is 23.1 Å². The van der Waals surface area contributed by atoms with Gasteiger partial charge in [0, 0.05) is 19.1 Å². The van der Waals surface area contributed by atoms with Gasteiger partial charge in [-0.1, -0.05) is 11.6 Å². The highest BCUT2D eigenvalue weighted by atomic mass is 35.5. The molecule has 0 spiro atoms. The van der Waals surface area contributed by atoms with E-state index in [1.54, 1.807) is 0 Å². The smallest absolute Gasteiger partial charge is 0.253 e. The summed E-state index contributed by atoms with van der Waals surface area (Å²) in [6.07, 6.45) is 7.65. The van der Waals surface area contributed by atoms with Crippen LogP contribution in [0, 0.1) is 23.2 Å². The first-order valence-corrected chi connectivity index (χ1v) is 13.3. The first-order chi connectivity index (χ1) is 14.8. The Bertz CT molecular complexity index is 939. The van der Waals surface area contributed by atoms with Gasteiger partial charge in [0.15, 0.2) is 0 Å². The number of ether oxygens (including phenoxy) is 1. The predicted octanol–water partition coefficient (Wildman–Crippen LogP) is 3.70. The fourth-order valence-corrected chi connectivity index (χ4v) is 8.55. The van der Waals surface area contributed by atoms with E-state index in [9.17, 15) is 13.2 Å². The Morgan fingerprint density at radius 3 is 2.29 bits per heavy atom. The van der Waals surface area contributed by atoms with Crippen molar-refractivity contribution in [3.05, 3.63) is 28.8 Å². The van der Waals surface area contributed by atoms with Crippen LogP contribution in [0.1, 0.15) is 55.8 Å². The highest BCUT2D eigenvalue weighted by molar-refractivity contribution is 7.89. The maximum absolute atomic E-state index is 13.2. The first-order valence-electron chi connectivity index (χ1n) is 11.5. The molecule has 0 unspecified atom stereocenters. The largest absolute Gasteiger partial charge is 0.379 e. The maximum atomic E-state index is 13.2. The lowest BCUT2D eigenvalue weighted by Gasteiger charge is -2.59. The third-order valence-electron chi connectivity index (χ3n) is 8.14. The molecule has 170 valence electrons. The second-order valence-electron chi connectivity index (χ2n) is 10.1. The summed E-state index contributed by atoms with van der Waals surface area (Å²) in [7, 11) is -3.69. The molecule has 4 aliphatic carbocycles. The number of benzene rings is 1. The van der Waals surface area contributed by atoms with E-state index in [-0.39, 0.29) is 32.8 Å². The number of halogens is 1. The van der Waals surface area contributed by atoms with Crippen molar-refractivity contribution in [2.24, 2.45) is 23.2 Å². The molecule has 6 rings (SSSR count). The van der Waals surface area contributed by atoms with E-state index >= 15 is 0 Å². The number of hydrogen-bond donors (Lipinski definition) is 1. The van der Waals surface area contributed by atoms with E-state index in [0.717, 1.165) is 17.8 Å². The fraction of sp³-hybridized carbons (Fsp3) is 0.696. The summed E-state index contributed by atoms with van der Waals surface area (Å²) in [6, 6.07) is 4.46. The Hall–Kier alpha value is -1.15. The number of amides is 1. The molecule has 8 heteroatoms. The van der Waals surface area contributed by atoms with Crippen LogP contribution in [0.4, 0.5) is 0 Å². The number of nitrogens with one attached hydrogen (secondary N) is 1. The Morgan fingerprint density at radius 2 is 1.71 bits per heavy atom. The summed E-state index contributed by atoms with van der Waals surface area (Å²) in [5, 5.41) is 3.47. The molecule has 1 aromatic rings. The molecule has 1 saturated heterocycles. The quantitative estimate of drug-likeness (QED) is 0.717. The van der Waals surface area contributed by atoms with Crippen molar-refractivity contribution < 1.29 is 17.9 Å².